The topological polar surface area (TPSA) is 52.9 Å². The predicted octanol–water partition coefficient (Wildman–Crippen LogP) is 6.77. The van der Waals surface area contributed by atoms with Gasteiger partial charge >= 0.3 is 0 Å². The lowest BCUT2D eigenvalue weighted by atomic mass is 9.93. The van der Waals surface area contributed by atoms with Crippen molar-refractivity contribution in [2.24, 2.45) is 0 Å². The Kier molecular flexibility index (Phi) is 6.30. The van der Waals surface area contributed by atoms with Gasteiger partial charge in [-0.2, -0.15) is 5.26 Å². The summed E-state index contributed by atoms with van der Waals surface area (Å²) in [5.74, 6) is -0.820. The van der Waals surface area contributed by atoms with Crippen LogP contribution in [-0.4, -0.2) is 5.91 Å². The molecular weight excluding hydrogens is 423 g/mol. The number of hydrogen-bond acceptors (Lipinski definition) is 2. The maximum absolute atomic E-state index is 13.7. The second kappa shape index (κ2) is 9.47. The highest BCUT2D eigenvalue weighted by atomic mass is 35.5. The Labute approximate surface area is 190 Å². The first-order valence-electron chi connectivity index (χ1n) is 9.97. The Hall–Kier alpha value is -3.94. The SMILES string of the molecule is N#C/C(=C\c1c(Cc2cccc(F)c2)ccc2ccccc12)C(=O)Nc1ccc(Cl)cc1. The van der Waals surface area contributed by atoms with Gasteiger partial charge in [0.25, 0.3) is 5.91 Å². The number of rotatable bonds is 5. The average molecular weight is 441 g/mol. The second-order valence-corrected chi connectivity index (χ2v) is 7.73. The monoisotopic (exact) mass is 440 g/mol. The number of hydrogen-bond donors (Lipinski definition) is 1. The van der Waals surface area contributed by atoms with Gasteiger partial charge in [0.05, 0.1) is 0 Å². The standard InChI is InChI=1S/C27H18ClFN2O/c28-22-10-12-24(13-11-22)31-27(32)21(17-30)16-26-20(14-18-4-3-6-23(29)15-18)9-8-19-5-1-2-7-25(19)26/h1-13,15-16H,14H2,(H,31,32)/b21-16+. The van der Waals surface area contributed by atoms with Crippen LogP contribution in [0.2, 0.25) is 5.02 Å². The molecule has 156 valence electrons. The van der Waals surface area contributed by atoms with Crippen LogP contribution in [0.25, 0.3) is 16.8 Å². The average Bonchev–Trinajstić information content (AvgIpc) is 2.80. The van der Waals surface area contributed by atoms with Crippen LogP contribution < -0.4 is 5.32 Å². The van der Waals surface area contributed by atoms with E-state index >= 15 is 0 Å². The van der Waals surface area contributed by atoms with Gasteiger partial charge in [0, 0.05) is 10.7 Å². The minimum absolute atomic E-state index is 0.0307. The Morgan fingerprint density at radius 3 is 2.53 bits per heavy atom. The quantitative estimate of drug-likeness (QED) is 0.275. The minimum Gasteiger partial charge on any atom is -0.321 e. The molecule has 0 aliphatic rings. The van der Waals surface area contributed by atoms with Gasteiger partial charge in [0.1, 0.15) is 17.5 Å². The Morgan fingerprint density at radius 2 is 1.78 bits per heavy atom. The summed E-state index contributed by atoms with van der Waals surface area (Å²) < 4.78 is 13.7. The lowest BCUT2D eigenvalue weighted by molar-refractivity contribution is -0.112. The number of nitrogens with one attached hydrogen (secondary N) is 1. The number of anilines is 1. The van der Waals surface area contributed by atoms with E-state index in [1.807, 2.05) is 48.5 Å². The predicted molar refractivity (Wildman–Crippen MR) is 127 cm³/mol. The minimum atomic E-state index is -0.514. The van der Waals surface area contributed by atoms with Crippen molar-refractivity contribution in [3.05, 3.63) is 118 Å². The van der Waals surface area contributed by atoms with E-state index in [0.29, 0.717) is 17.1 Å². The van der Waals surface area contributed by atoms with E-state index in [0.717, 1.165) is 27.5 Å². The second-order valence-electron chi connectivity index (χ2n) is 7.30. The zero-order valence-corrected chi connectivity index (χ0v) is 17.7. The van der Waals surface area contributed by atoms with Crippen LogP contribution in [0.1, 0.15) is 16.7 Å². The number of halogens is 2. The molecule has 0 fully saturated rings. The number of amides is 1. The highest BCUT2D eigenvalue weighted by Crippen LogP contribution is 2.27. The van der Waals surface area contributed by atoms with Crippen molar-refractivity contribution < 1.29 is 9.18 Å². The molecular formula is C27H18ClFN2O. The van der Waals surface area contributed by atoms with Crippen LogP contribution in [0.5, 0.6) is 0 Å². The molecule has 0 saturated heterocycles. The summed E-state index contributed by atoms with van der Waals surface area (Å²) >= 11 is 5.89. The van der Waals surface area contributed by atoms with Crippen molar-refractivity contribution >= 4 is 40.0 Å². The van der Waals surface area contributed by atoms with Crippen molar-refractivity contribution in [3.8, 4) is 6.07 Å². The first-order valence-corrected chi connectivity index (χ1v) is 10.3. The number of fused-ring (bicyclic) bond motifs is 1. The van der Waals surface area contributed by atoms with Crippen LogP contribution in [0.15, 0.2) is 90.5 Å². The lowest BCUT2D eigenvalue weighted by Crippen LogP contribution is -2.13. The number of carbonyl (C=O) groups is 1. The maximum atomic E-state index is 13.7. The van der Waals surface area contributed by atoms with Crippen molar-refractivity contribution in [1.29, 1.82) is 5.26 Å². The molecule has 0 aliphatic heterocycles. The molecule has 0 radical (unpaired) electrons. The number of benzene rings is 4. The molecule has 4 rings (SSSR count). The molecule has 4 aromatic carbocycles. The normalized spacial score (nSPS) is 11.2. The van der Waals surface area contributed by atoms with Gasteiger partial charge in [0.2, 0.25) is 0 Å². The van der Waals surface area contributed by atoms with E-state index in [4.69, 9.17) is 11.6 Å². The molecule has 32 heavy (non-hydrogen) atoms. The molecule has 1 N–H and O–H groups in total. The highest BCUT2D eigenvalue weighted by molar-refractivity contribution is 6.30. The summed E-state index contributed by atoms with van der Waals surface area (Å²) in [4.78, 5) is 12.8. The van der Waals surface area contributed by atoms with Gasteiger partial charge in [-0.05, 0) is 76.4 Å². The zero-order valence-electron chi connectivity index (χ0n) is 17.0. The summed E-state index contributed by atoms with van der Waals surface area (Å²) in [6, 6.07) is 26.8. The molecule has 0 unspecified atom stereocenters. The number of nitrogens with zero attached hydrogens (tertiary/aromatic N) is 1. The van der Waals surface area contributed by atoms with E-state index in [1.165, 1.54) is 12.1 Å². The van der Waals surface area contributed by atoms with Gasteiger partial charge in [-0.3, -0.25) is 4.79 Å². The molecule has 0 aromatic heterocycles. The van der Waals surface area contributed by atoms with Crippen molar-refractivity contribution in [2.45, 2.75) is 6.42 Å². The van der Waals surface area contributed by atoms with Gasteiger partial charge in [-0.1, -0.05) is 60.1 Å². The fraction of sp³-hybridized carbons (Fsp3) is 0.0370. The first kappa shape index (κ1) is 21.3. The summed E-state index contributed by atoms with van der Waals surface area (Å²) in [5.41, 5.74) is 2.96. The Morgan fingerprint density at radius 1 is 1.00 bits per heavy atom. The van der Waals surface area contributed by atoms with Gasteiger partial charge < -0.3 is 5.32 Å². The summed E-state index contributed by atoms with van der Waals surface area (Å²) in [6.45, 7) is 0. The molecule has 0 saturated carbocycles. The maximum Gasteiger partial charge on any atom is 0.266 e. The van der Waals surface area contributed by atoms with E-state index in [2.05, 4.69) is 5.32 Å². The summed E-state index contributed by atoms with van der Waals surface area (Å²) in [7, 11) is 0. The van der Waals surface area contributed by atoms with Gasteiger partial charge in [0.15, 0.2) is 0 Å². The van der Waals surface area contributed by atoms with Crippen molar-refractivity contribution in [2.75, 3.05) is 5.32 Å². The third-order valence-electron chi connectivity index (χ3n) is 5.10. The van der Waals surface area contributed by atoms with Crippen molar-refractivity contribution in [1.82, 2.24) is 0 Å². The molecule has 3 nitrogen and oxygen atoms in total. The molecule has 0 aliphatic carbocycles. The summed E-state index contributed by atoms with van der Waals surface area (Å²) in [5, 5.41) is 14.9. The van der Waals surface area contributed by atoms with E-state index in [-0.39, 0.29) is 11.4 Å². The zero-order chi connectivity index (χ0) is 22.5. The molecule has 5 heteroatoms. The molecule has 0 spiro atoms. The third-order valence-corrected chi connectivity index (χ3v) is 5.35. The number of nitriles is 1. The van der Waals surface area contributed by atoms with Crippen LogP contribution in [-0.2, 0) is 11.2 Å². The highest BCUT2D eigenvalue weighted by Gasteiger charge is 2.13. The van der Waals surface area contributed by atoms with Gasteiger partial charge in [-0.25, -0.2) is 4.39 Å². The molecule has 0 bridgehead atoms. The smallest absolute Gasteiger partial charge is 0.266 e. The third kappa shape index (κ3) is 4.85. The van der Waals surface area contributed by atoms with E-state index in [9.17, 15) is 14.4 Å². The molecule has 4 aromatic rings. The first-order chi connectivity index (χ1) is 15.5. The van der Waals surface area contributed by atoms with Crippen LogP contribution in [0, 0.1) is 17.1 Å². The fourth-order valence-corrected chi connectivity index (χ4v) is 3.68. The largest absolute Gasteiger partial charge is 0.321 e. The molecule has 0 heterocycles. The molecule has 1 amide bonds. The Balaban J connectivity index is 1.76. The Bertz CT molecular complexity index is 1370. The fourth-order valence-electron chi connectivity index (χ4n) is 3.56. The molecule has 0 atom stereocenters. The van der Waals surface area contributed by atoms with Gasteiger partial charge in [-0.15, -0.1) is 0 Å². The summed E-state index contributed by atoms with van der Waals surface area (Å²) in [6.07, 6.45) is 2.06. The number of carbonyl (C=O) groups excluding carboxylic acids is 1. The lowest BCUT2D eigenvalue weighted by Gasteiger charge is -2.12. The van der Waals surface area contributed by atoms with Crippen LogP contribution >= 0.6 is 11.6 Å². The van der Waals surface area contributed by atoms with Crippen LogP contribution in [0.3, 0.4) is 0 Å². The van der Waals surface area contributed by atoms with Crippen LogP contribution in [0.4, 0.5) is 10.1 Å². The van der Waals surface area contributed by atoms with E-state index < -0.39 is 5.91 Å². The van der Waals surface area contributed by atoms with Crippen molar-refractivity contribution in [3.63, 3.8) is 0 Å². The van der Waals surface area contributed by atoms with E-state index in [1.54, 1.807) is 36.4 Å².